The summed E-state index contributed by atoms with van der Waals surface area (Å²) in [6.45, 7) is 5.50. The summed E-state index contributed by atoms with van der Waals surface area (Å²) < 4.78 is 0. The van der Waals surface area contributed by atoms with Crippen LogP contribution in [-0.2, 0) is 0 Å². The van der Waals surface area contributed by atoms with Crippen molar-refractivity contribution < 1.29 is 9.59 Å². The zero-order valence-electron chi connectivity index (χ0n) is 17.9. The fourth-order valence-corrected chi connectivity index (χ4v) is 3.83. The second-order valence-corrected chi connectivity index (χ2v) is 7.86. The van der Waals surface area contributed by atoms with E-state index in [1.165, 1.54) is 0 Å². The first kappa shape index (κ1) is 20.8. The van der Waals surface area contributed by atoms with E-state index in [1.807, 2.05) is 53.4 Å². The smallest absolute Gasteiger partial charge is 0.253 e. The molecule has 6 heteroatoms. The monoisotopic (exact) mass is 416 g/mol. The fraction of sp³-hybridized carbons (Fsp3) is 0.320. The van der Waals surface area contributed by atoms with Gasteiger partial charge in [0.15, 0.2) is 0 Å². The number of rotatable bonds is 6. The Balaban J connectivity index is 1.34. The van der Waals surface area contributed by atoms with Crippen LogP contribution in [0.15, 0.2) is 60.8 Å². The number of hydrogen-bond acceptors (Lipinski definition) is 4. The Morgan fingerprint density at radius 2 is 1.68 bits per heavy atom. The molecule has 1 aliphatic rings. The summed E-state index contributed by atoms with van der Waals surface area (Å²) in [5.41, 5.74) is 1.30. The summed E-state index contributed by atoms with van der Waals surface area (Å²) in [6.07, 6.45) is 3.65. The average molecular weight is 417 g/mol. The number of carbonyl (C=O) groups is 2. The van der Waals surface area contributed by atoms with Crippen LogP contribution in [0.25, 0.3) is 10.8 Å². The minimum Gasteiger partial charge on any atom is -0.353 e. The maximum absolute atomic E-state index is 13.0. The first-order valence-electron chi connectivity index (χ1n) is 10.9. The number of carbonyl (C=O) groups excluding carboxylic acids is 2. The lowest BCUT2D eigenvalue weighted by Gasteiger charge is -2.35. The lowest BCUT2D eigenvalue weighted by molar-refractivity contribution is 0.0746. The van der Waals surface area contributed by atoms with Gasteiger partial charge in [-0.1, -0.05) is 43.7 Å². The molecule has 1 saturated heterocycles. The number of amides is 2. The van der Waals surface area contributed by atoms with Crippen molar-refractivity contribution in [2.75, 3.05) is 37.6 Å². The number of hydrogen-bond donors (Lipinski definition) is 1. The topological polar surface area (TPSA) is 65.5 Å². The Morgan fingerprint density at radius 3 is 2.39 bits per heavy atom. The van der Waals surface area contributed by atoms with Crippen molar-refractivity contribution in [3.05, 3.63) is 71.9 Å². The van der Waals surface area contributed by atoms with Gasteiger partial charge in [-0.2, -0.15) is 0 Å². The molecule has 3 aromatic rings. The maximum atomic E-state index is 13.0. The van der Waals surface area contributed by atoms with Crippen LogP contribution in [-0.4, -0.2) is 54.4 Å². The molecule has 0 radical (unpaired) electrons. The highest BCUT2D eigenvalue weighted by Gasteiger charge is 2.23. The van der Waals surface area contributed by atoms with Gasteiger partial charge in [0.25, 0.3) is 11.8 Å². The molecule has 160 valence electrons. The van der Waals surface area contributed by atoms with Crippen LogP contribution in [0.2, 0.25) is 0 Å². The van der Waals surface area contributed by atoms with Gasteiger partial charge in [-0.05, 0) is 41.5 Å². The highest BCUT2D eigenvalue weighted by molar-refractivity contribution is 5.98. The van der Waals surface area contributed by atoms with Crippen LogP contribution < -0.4 is 10.2 Å². The molecule has 6 nitrogen and oxygen atoms in total. The number of piperazine rings is 1. The maximum Gasteiger partial charge on any atom is 0.253 e. The van der Waals surface area contributed by atoms with Crippen LogP contribution in [0, 0.1) is 0 Å². The molecular weight excluding hydrogens is 388 g/mol. The number of nitrogens with zero attached hydrogens (tertiary/aromatic N) is 3. The Hall–Kier alpha value is -3.41. The molecule has 2 aromatic carbocycles. The van der Waals surface area contributed by atoms with E-state index in [0.717, 1.165) is 35.0 Å². The number of anilines is 1. The number of pyridine rings is 1. The van der Waals surface area contributed by atoms with Gasteiger partial charge in [0.2, 0.25) is 0 Å². The molecule has 0 aliphatic carbocycles. The quantitative estimate of drug-likeness (QED) is 0.622. The standard InChI is InChI=1S/C25H28N4O2/c1-2-3-12-26-24(30)22-10-11-23(27-18-22)28-13-15-29(16-14-28)25(31)21-9-8-19-6-4-5-7-20(19)17-21/h4-11,17-18H,2-3,12-16H2,1H3,(H,26,30). The Morgan fingerprint density at radius 1 is 0.935 bits per heavy atom. The van der Waals surface area contributed by atoms with Crippen molar-refractivity contribution in [3.63, 3.8) is 0 Å². The van der Waals surface area contributed by atoms with Crippen molar-refractivity contribution in [1.29, 1.82) is 0 Å². The molecule has 1 N–H and O–H groups in total. The van der Waals surface area contributed by atoms with Crippen molar-refractivity contribution in [3.8, 4) is 0 Å². The fourth-order valence-electron chi connectivity index (χ4n) is 3.83. The van der Waals surface area contributed by atoms with E-state index in [2.05, 4.69) is 28.2 Å². The molecule has 2 amide bonds. The highest BCUT2D eigenvalue weighted by Crippen LogP contribution is 2.19. The summed E-state index contributed by atoms with van der Waals surface area (Å²) in [4.78, 5) is 33.6. The van der Waals surface area contributed by atoms with E-state index in [9.17, 15) is 9.59 Å². The third-order valence-corrected chi connectivity index (χ3v) is 5.71. The summed E-state index contributed by atoms with van der Waals surface area (Å²) in [7, 11) is 0. The van der Waals surface area contributed by atoms with Crippen LogP contribution >= 0.6 is 0 Å². The SMILES string of the molecule is CCCCNC(=O)c1ccc(N2CCN(C(=O)c3ccc4ccccc4c3)CC2)nc1. The number of fused-ring (bicyclic) bond motifs is 1. The Bertz CT molecular complexity index is 1060. The van der Waals surface area contributed by atoms with E-state index in [0.29, 0.717) is 38.3 Å². The van der Waals surface area contributed by atoms with Gasteiger partial charge in [-0.15, -0.1) is 0 Å². The third-order valence-electron chi connectivity index (χ3n) is 5.71. The summed E-state index contributed by atoms with van der Waals surface area (Å²) >= 11 is 0. The lowest BCUT2D eigenvalue weighted by Crippen LogP contribution is -2.49. The van der Waals surface area contributed by atoms with Gasteiger partial charge in [0.05, 0.1) is 5.56 Å². The van der Waals surface area contributed by atoms with Gasteiger partial charge in [0, 0.05) is 44.5 Å². The van der Waals surface area contributed by atoms with Gasteiger partial charge >= 0.3 is 0 Å². The molecule has 0 saturated carbocycles. The van der Waals surface area contributed by atoms with E-state index >= 15 is 0 Å². The molecule has 1 aliphatic heterocycles. The van der Waals surface area contributed by atoms with Gasteiger partial charge in [-0.3, -0.25) is 9.59 Å². The second-order valence-electron chi connectivity index (χ2n) is 7.86. The lowest BCUT2D eigenvalue weighted by atomic mass is 10.1. The molecule has 0 spiro atoms. The Labute approximate surface area is 182 Å². The third kappa shape index (κ3) is 4.85. The molecule has 31 heavy (non-hydrogen) atoms. The van der Waals surface area contributed by atoms with Crippen molar-refractivity contribution in [2.24, 2.45) is 0 Å². The predicted molar refractivity (Wildman–Crippen MR) is 124 cm³/mol. The zero-order chi connectivity index (χ0) is 21.6. The average Bonchev–Trinajstić information content (AvgIpc) is 2.83. The molecule has 1 aromatic heterocycles. The van der Waals surface area contributed by atoms with E-state index < -0.39 is 0 Å². The summed E-state index contributed by atoms with van der Waals surface area (Å²) in [6, 6.07) is 17.6. The highest BCUT2D eigenvalue weighted by atomic mass is 16.2. The minimum atomic E-state index is -0.0849. The van der Waals surface area contributed by atoms with Crippen LogP contribution in [0.1, 0.15) is 40.5 Å². The molecule has 1 fully saturated rings. The summed E-state index contributed by atoms with van der Waals surface area (Å²) in [5.74, 6) is 0.818. The second kappa shape index (κ2) is 9.60. The first-order chi connectivity index (χ1) is 15.2. The summed E-state index contributed by atoms with van der Waals surface area (Å²) in [5, 5.41) is 5.12. The number of aromatic nitrogens is 1. The Kier molecular flexibility index (Phi) is 6.46. The van der Waals surface area contributed by atoms with Crippen molar-refractivity contribution in [2.45, 2.75) is 19.8 Å². The van der Waals surface area contributed by atoms with Crippen LogP contribution in [0.5, 0.6) is 0 Å². The number of unbranched alkanes of at least 4 members (excludes halogenated alkanes) is 1. The normalized spacial score (nSPS) is 14.0. The molecule has 4 rings (SSSR count). The zero-order valence-corrected chi connectivity index (χ0v) is 17.9. The molecular formula is C25H28N4O2. The molecule has 0 unspecified atom stereocenters. The molecule has 2 heterocycles. The molecule has 0 atom stereocenters. The van der Waals surface area contributed by atoms with Crippen LogP contribution in [0.4, 0.5) is 5.82 Å². The number of nitrogens with one attached hydrogen (secondary N) is 1. The number of benzene rings is 2. The van der Waals surface area contributed by atoms with Gasteiger partial charge in [0.1, 0.15) is 5.82 Å². The minimum absolute atomic E-state index is 0.0671. The molecule has 0 bridgehead atoms. The first-order valence-corrected chi connectivity index (χ1v) is 10.9. The largest absolute Gasteiger partial charge is 0.353 e. The van der Waals surface area contributed by atoms with E-state index in [4.69, 9.17) is 0 Å². The van der Waals surface area contributed by atoms with Gasteiger partial charge in [-0.25, -0.2) is 4.98 Å². The van der Waals surface area contributed by atoms with Crippen molar-refractivity contribution in [1.82, 2.24) is 15.2 Å². The van der Waals surface area contributed by atoms with Gasteiger partial charge < -0.3 is 15.1 Å². The van der Waals surface area contributed by atoms with Crippen molar-refractivity contribution >= 4 is 28.4 Å². The van der Waals surface area contributed by atoms with E-state index in [-0.39, 0.29) is 11.8 Å². The van der Waals surface area contributed by atoms with E-state index in [1.54, 1.807) is 6.20 Å². The predicted octanol–water partition coefficient (Wildman–Crippen LogP) is 3.73. The van der Waals surface area contributed by atoms with Crippen LogP contribution in [0.3, 0.4) is 0 Å².